The number of hydrogen-bond acceptors (Lipinski definition) is 3. The Hall–Kier alpha value is -0.900. The third-order valence-corrected chi connectivity index (χ3v) is 18.7. The SMILES string of the molecule is C=CCCCCCCCCCCCCCCCCCCCC(O)C(CCCCCCCC)OC(CCCCCCCCCCCCCCCCCCCC=C)C(CCCCCCCC)OCCCCCCCC/C=C\CCCCCCCC. The number of allylic oxidation sites excluding steroid dienone is 4. The van der Waals surface area contributed by atoms with E-state index in [0.29, 0.717) is 0 Å². The molecule has 0 amide bonds. The first-order valence-electron chi connectivity index (χ1n) is 39.0. The van der Waals surface area contributed by atoms with E-state index >= 15 is 0 Å². The van der Waals surface area contributed by atoms with Gasteiger partial charge in [-0.2, -0.15) is 0 Å². The van der Waals surface area contributed by atoms with Crippen LogP contribution in [0.5, 0.6) is 0 Å². The van der Waals surface area contributed by atoms with E-state index in [2.05, 4.69) is 58.2 Å². The second kappa shape index (κ2) is 73.6. The summed E-state index contributed by atoms with van der Waals surface area (Å²) in [4.78, 5) is 0. The molecule has 3 nitrogen and oxygen atoms in total. The molecule has 1 N–H and O–H groups in total. The molecule has 0 aliphatic rings. The lowest BCUT2D eigenvalue weighted by molar-refractivity contribution is -0.140. The van der Waals surface area contributed by atoms with Crippen molar-refractivity contribution in [1.29, 1.82) is 0 Å². The van der Waals surface area contributed by atoms with Gasteiger partial charge in [-0.15, -0.1) is 13.2 Å². The Morgan fingerprint density at radius 2 is 0.482 bits per heavy atom. The Bertz CT molecular complexity index is 1210. The van der Waals surface area contributed by atoms with Gasteiger partial charge in [-0.3, -0.25) is 0 Å². The van der Waals surface area contributed by atoms with Crippen LogP contribution in [0.2, 0.25) is 0 Å². The molecule has 4 unspecified atom stereocenters. The molecule has 0 saturated carbocycles. The Morgan fingerprint density at radius 3 is 0.783 bits per heavy atom. The summed E-state index contributed by atoms with van der Waals surface area (Å²) in [5.41, 5.74) is 0. The lowest BCUT2D eigenvalue weighted by atomic mass is 9.96. The van der Waals surface area contributed by atoms with Gasteiger partial charge in [-0.1, -0.05) is 385 Å². The van der Waals surface area contributed by atoms with Crippen molar-refractivity contribution in [2.75, 3.05) is 6.61 Å². The summed E-state index contributed by atoms with van der Waals surface area (Å²) >= 11 is 0. The molecular weight excluding hydrogens is 1010 g/mol. The van der Waals surface area contributed by atoms with Crippen molar-refractivity contribution in [3.05, 3.63) is 37.5 Å². The first-order chi connectivity index (χ1) is 41.1. The van der Waals surface area contributed by atoms with Gasteiger partial charge in [0.25, 0.3) is 0 Å². The highest BCUT2D eigenvalue weighted by atomic mass is 16.6. The van der Waals surface area contributed by atoms with Crippen LogP contribution in [0.1, 0.15) is 445 Å². The second-order valence-corrected chi connectivity index (χ2v) is 27.0. The van der Waals surface area contributed by atoms with Crippen molar-refractivity contribution < 1.29 is 14.6 Å². The van der Waals surface area contributed by atoms with Gasteiger partial charge >= 0.3 is 0 Å². The fourth-order valence-electron chi connectivity index (χ4n) is 12.9. The fourth-order valence-corrected chi connectivity index (χ4v) is 12.9. The zero-order valence-corrected chi connectivity index (χ0v) is 57.7. The summed E-state index contributed by atoms with van der Waals surface area (Å²) < 4.78 is 14.5. The van der Waals surface area contributed by atoms with Gasteiger partial charge < -0.3 is 14.6 Å². The lowest BCUT2D eigenvalue weighted by Crippen LogP contribution is -2.40. The van der Waals surface area contributed by atoms with Crippen molar-refractivity contribution in [3.63, 3.8) is 0 Å². The molecule has 0 aliphatic carbocycles. The number of hydrogen-bond donors (Lipinski definition) is 1. The van der Waals surface area contributed by atoms with Gasteiger partial charge in [0.2, 0.25) is 0 Å². The van der Waals surface area contributed by atoms with Crippen molar-refractivity contribution in [1.82, 2.24) is 0 Å². The molecular formula is C80H156O3. The van der Waals surface area contributed by atoms with Crippen LogP contribution in [0, 0.1) is 0 Å². The fraction of sp³-hybridized carbons (Fsp3) is 0.925. The molecule has 4 atom stereocenters. The van der Waals surface area contributed by atoms with Gasteiger partial charge in [0, 0.05) is 6.61 Å². The number of ether oxygens (including phenoxy) is 2. The molecule has 0 aliphatic heterocycles. The number of aliphatic hydroxyl groups is 1. The standard InChI is InChI=1S/C80H156O3/c1-6-11-16-21-26-29-32-35-38-41-43-45-47-50-53-56-59-62-67-72-77(81)78(73-68-63-24-19-14-9-4)83-80(75-70-65-60-57-54-51-48-46-44-42-39-36-33-30-27-22-17-12-7-2)79(74-69-64-25-20-15-10-5)82-76-71-66-61-58-55-52-49-40-37-34-31-28-23-18-13-8-3/h6-7,37,40,77-81H,1-2,8-36,38-39,41-76H2,3-5H3/b40-37-. The van der Waals surface area contributed by atoms with E-state index in [1.807, 2.05) is 0 Å². The van der Waals surface area contributed by atoms with Gasteiger partial charge in [-0.05, 0) is 83.5 Å². The van der Waals surface area contributed by atoms with Crippen LogP contribution in [0.4, 0.5) is 0 Å². The smallest absolute Gasteiger partial charge is 0.0841 e. The highest BCUT2D eigenvalue weighted by Crippen LogP contribution is 2.27. The van der Waals surface area contributed by atoms with E-state index in [4.69, 9.17) is 9.47 Å². The summed E-state index contributed by atoms with van der Waals surface area (Å²) in [6, 6.07) is 0. The van der Waals surface area contributed by atoms with Crippen molar-refractivity contribution in [2.45, 2.75) is 469 Å². The molecule has 0 saturated heterocycles. The van der Waals surface area contributed by atoms with Gasteiger partial charge in [0.15, 0.2) is 0 Å². The Balaban J connectivity index is 5.39. The van der Waals surface area contributed by atoms with Gasteiger partial charge in [-0.25, -0.2) is 0 Å². The average molecular weight is 1170 g/mol. The minimum absolute atomic E-state index is 0.0722. The molecule has 3 heteroatoms. The first kappa shape index (κ1) is 82.1. The van der Waals surface area contributed by atoms with Crippen LogP contribution < -0.4 is 0 Å². The predicted molar refractivity (Wildman–Crippen MR) is 376 cm³/mol. The van der Waals surface area contributed by atoms with Gasteiger partial charge in [0.05, 0.1) is 24.4 Å². The Labute approximate surface area is 525 Å². The van der Waals surface area contributed by atoms with Crippen molar-refractivity contribution in [2.24, 2.45) is 0 Å². The van der Waals surface area contributed by atoms with Crippen molar-refractivity contribution >= 4 is 0 Å². The monoisotopic (exact) mass is 1170 g/mol. The van der Waals surface area contributed by atoms with E-state index in [-0.39, 0.29) is 24.4 Å². The summed E-state index contributed by atoms with van der Waals surface area (Å²) in [6.07, 6.45) is 96.7. The van der Waals surface area contributed by atoms with Crippen LogP contribution in [0.3, 0.4) is 0 Å². The van der Waals surface area contributed by atoms with E-state index < -0.39 is 0 Å². The zero-order chi connectivity index (χ0) is 59.9. The predicted octanol–water partition coefficient (Wildman–Crippen LogP) is 28.2. The van der Waals surface area contributed by atoms with E-state index in [0.717, 1.165) is 45.1 Å². The van der Waals surface area contributed by atoms with Gasteiger partial charge in [0.1, 0.15) is 0 Å². The molecule has 0 aromatic rings. The van der Waals surface area contributed by atoms with Crippen LogP contribution in [-0.4, -0.2) is 36.1 Å². The quantitative estimate of drug-likeness (QED) is 0.0487. The topological polar surface area (TPSA) is 38.7 Å². The van der Waals surface area contributed by atoms with E-state index in [9.17, 15) is 5.11 Å². The Morgan fingerprint density at radius 1 is 0.253 bits per heavy atom. The molecule has 0 spiro atoms. The molecule has 0 aromatic heterocycles. The largest absolute Gasteiger partial charge is 0.390 e. The van der Waals surface area contributed by atoms with Crippen LogP contribution >= 0.6 is 0 Å². The molecule has 0 rings (SSSR count). The van der Waals surface area contributed by atoms with Crippen LogP contribution in [0.15, 0.2) is 37.5 Å². The number of aliphatic hydroxyl groups excluding tert-OH is 1. The minimum Gasteiger partial charge on any atom is -0.390 e. The lowest BCUT2D eigenvalue weighted by Gasteiger charge is -2.34. The van der Waals surface area contributed by atoms with E-state index in [1.165, 1.54) is 385 Å². The zero-order valence-electron chi connectivity index (χ0n) is 57.7. The Kier molecular flexibility index (Phi) is 72.8. The van der Waals surface area contributed by atoms with Crippen LogP contribution in [-0.2, 0) is 9.47 Å². The highest BCUT2D eigenvalue weighted by Gasteiger charge is 2.29. The summed E-state index contributed by atoms with van der Waals surface area (Å²) in [5, 5.41) is 12.1. The molecule has 0 bridgehead atoms. The maximum atomic E-state index is 12.1. The third kappa shape index (κ3) is 65.4. The number of rotatable bonds is 75. The number of unbranched alkanes of at least 4 members (excludes halogenated alkanes) is 56. The second-order valence-electron chi connectivity index (χ2n) is 27.0. The average Bonchev–Trinajstić information content (AvgIpc) is 3.49. The summed E-state index contributed by atoms with van der Waals surface area (Å²) in [5.74, 6) is 0. The molecule has 0 heterocycles. The van der Waals surface area contributed by atoms with Crippen molar-refractivity contribution in [3.8, 4) is 0 Å². The highest BCUT2D eigenvalue weighted by molar-refractivity contribution is 4.82. The maximum Gasteiger partial charge on any atom is 0.0841 e. The molecule has 494 valence electrons. The molecule has 83 heavy (non-hydrogen) atoms. The van der Waals surface area contributed by atoms with E-state index in [1.54, 1.807) is 0 Å². The molecule has 0 fully saturated rings. The maximum absolute atomic E-state index is 12.1. The first-order valence-corrected chi connectivity index (χ1v) is 39.0. The van der Waals surface area contributed by atoms with Crippen LogP contribution in [0.25, 0.3) is 0 Å². The third-order valence-electron chi connectivity index (χ3n) is 18.7. The minimum atomic E-state index is -0.372. The molecule has 0 aromatic carbocycles. The molecule has 0 radical (unpaired) electrons. The normalized spacial score (nSPS) is 13.3. The summed E-state index contributed by atoms with van der Waals surface area (Å²) in [6.45, 7) is 15.5. The summed E-state index contributed by atoms with van der Waals surface area (Å²) in [7, 11) is 0.